The molecule has 1 rings (SSSR count). The molecule has 0 amide bonds. The second kappa shape index (κ2) is 4.61. The lowest BCUT2D eigenvalue weighted by atomic mass is 10.5. The smallest absolute Gasteiger partial charge is 0.172 e. The van der Waals surface area contributed by atoms with E-state index >= 15 is 0 Å². The number of aldehydes is 1. The van der Waals surface area contributed by atoms with Crippen LogP contribution in [0.1, 0.15) is 0 Å². The lowest BCUT2D eigenvalue weighted by molar-refractivity contribution is -0.109. The molecule has 0 N–H and O–H groups in total. The zero-order chi connectivity index (χ0) is 8.97. The van der Waals surface area contributed by atoms with Gasteiger partial charge in [0.15, 0.2) is 17.2 Å². The number of pyridine rings is 1. The van der Waals surface area contributed by atoms with E-state index in [-0.39, 0.29) is 11.8 Å². The molecule has 0 radical (unpaired) electrons. The molecule has 1 aromatic rings. The van der Waals surface area contributed by atoms with Crippen LogP contribution in [-0.2, 0) is 4.79 Å². The SMILES string of the molecule is O=CCOc1ccc(I)nc1Cl. The Kier molecular flexibility index (Phi) is 3.74. The summed E-state index contributed by atoms with van der Waals surface area (Å²) in [5.74, 6) is 0.434. The molecule has 0 unspecified atom stereocenters. The molecule has 0 aliphatic rings. The Bertz CT molecular complexity index is 293. The van der Waals surface area contributed by atoms with Crippen molar-refractivity contribution in [1.29, 1.82) is 0 Å². The summed E-state index contributed by atoms with van der Waals surface area (Å²) in [6.45, 7) is 0.00198. The van der Waals surface area contributed by atoms with Gasteiger partial charge in [0, 0.05) is 0 Å². The summed E-state index contributed by atoms with van der Waals surface area (Å²) in [7, 11) is 0. The Labute approximate surface area is 88.2 Å². The monoisotopic (exact) mass is 297 g/mol. The number of halogens is 2. The first kappa shape index (κ1) is 9.73. The first-order chi connectivity index (χ1) is 5.74. The number of ether oxygens (including phenoxy) is 1. The van der Waals surface area contributed by atoms with Crippen molar-refractivity contribution in [3.05, 3.63) is 21.0 Å². The van der Waals surface area contributed by atoms with Gasteiger partial charge in [0.1, 0.15) is 10.3 Å². The summed E-state index contributed by atoms with van der Waals surface area (Å²) in [4.78, 5) is 13.9. The first-order valence-electron chi connectivity index (χ1n) is 3.12. The summed E-state index contributed by atoms with van der Waals surface area (Å²) in [6, 6.07) is 3.44. The van der Waals surface area contributed by atoms with E-state index in [0.717, 1.165) is 3.70 Å². The molecule has 0 aromatic carbocycles. The van der Waals surface area contributed by atoms with Crippen LogP contribution < -0.4 is 4.74 Å². The van der Waals surface area contributed by atoms with Crippen LogP contribution in [0.15, 0.2) is 12.1 Å². The largest absolute Gasteiger partial charge is 0.483 e. The Balaban J connectivity index is 2.78. The topological polar surface area (TPSA) is 39.2 Å². The summed E-state index contributed by atoms with van der Waals surface area (Å²) < 4.78 is 5.76. The maximum atomic E-state index is 9.97. The normalized spacial score (nSPS) is 9.50. The number of carbonyl (C=O) groups excluding carboxylic acids is 1. The van der Waals surface area contributed by atoms with Crippen LogP contribution in [0.25, 0.3) is 0 Å². The average Bonchev–Trinajstić information content (AvgIpc) is 2.03. The third-order valence-corrected chi connectivity index (χ3v) is 1.96. The Hall–Kier alpha value is -0.360. The molecule has 5 heteroatoms. The zero-order valence-corrected chi connectivity index (χ0v) is 8.87. The molecule has 0 saturated heterocycles. The van der Waals surface area contributed by atoms with Crippen molar-refractivity contribution in [2.75, 3.05) is 6.61 Å². The number of carbonyl (C=O) groups is 1. The predicted molar refractivity (Wildman–Crippen MR) is 53.5 cm³/mol. The van der Waals surface area contributed by atoms with E-state index in [1.807, 2.05) is 22.6 Å². The van der Waals surface area contributed by atoms with Crippen LogP contribution in [0.5, 0.6) is 5.75 Å². The number of hydrogen-bond acceptors (Lipinski definition) is 3. The molecule has 0 bridgehead atoms. The van der Waals surface area contributed by atoms with Gasteiger partial charge in [0.2, 0.25) is 0 Å². The van der Waals surface area contributed by atoms with Crippen LogP contribution in [-0.4, -0.2) is 17.9 Å². The summed E-state index contributed by atoms with van der Waals surface area (Å²) in [5, 5.41) is 0.281. The van der Waals surface area contributed by atoms with Gasteiger partial charge in [-0.05, 0) is 34.7 Å². The van der Waals surface area contributed by atoms with Crippen LogP contribution in [0.4, 0.5) is 0 Å². The van der Waals surface area contributed by atoms with Gasteiger partial charge in [-0.3, -0.25) is 4.79 Å². The van der Waals surface area contributed by atoms with E-state index in [0.29, 0.717) is 12.0 Å². The molecule has 1 aromatic heterocycles. The van der Waals surface area contributed by atoms with Gasteiger partial charge in [0.05, 0.1) is 0 Å². The third-order valence-electron chi connectivity index (χ3n) is 1.09. The molecule has 0 spiro atoms. The molecular formula is C7H5ClINO2. The van der Waals surface area contributed by atoms with Crippen LogP contribution >= 0.6 is 34.2 Å². The number of aromatic nitrogens is 1. The van der Waals surface area contributed by atoms with Gasteiger partial charge in [0.25, 0.3) is 0 Å². The maximum absolute atomic E-state index is 9.97. The molecule has 0 aliphatic heterocycles. The van der Waals surface area contributed by atoms with Gasteiger partial charge in [-0.2, -0.15) is 0 Å². The predicted octanol–water partition coefficient (Wildman–Crippen LogP) is 1.92. The fourth-order valence-electron chi connectivity index (χ4n) is 0.631. The van der Waals surface area contributed by atoms with Crippen molar-refractivity contribution in [2.24, 2.45) is 0 Å². The van der Waals surface area contributed by atoms with E-state index in [1.165, 1.54) is 0 Å². The molecule has 0 atom stereocenters. The van der Waals surface area contributed by atoms with E-state index in [2.05, 4.69) is 4.98 Å². The van der Waals surface area contributed by atoms with Crippen molar-refractivity contribution in [1.82, 2.24) is 4.98 Å². The maximum Gasteiger partial charge on any atom is 0.172 e. The van der Waals surface area contributed by atoms with Gasteiger partial charge < -0.3 is 4.74 Å². The highest BCUT2D eigenvalue weighted by Gasteiger charge is 2.02. The number of hydrogen-bond donors (Lipinski definition) is 0. The molecule has 0 fully saturated rings. The molecule has 1 heterocycles. The molecular weight excluding hydrogens is 292 g/mol. The first-order valence-corrected chi connectivity index (χ1v) is 4.58. The third kappa shape index (κ3) is 2.60. The molecule has 3 nitrogen and oxygen atoms in total. The fourth-order valence-corrected chi connectivity index (χ4v) is 1.40. The van der Waals surface area contributed by atoms with E-state index in [4.69, 9.17) is 16.3 Å². The highest BCUT2D eigenvalue weighted by molar-refractivity contribution is 14.1. The van der Waals surface area contributed by atoms with Gasteiger partial charge in [-0.1, -0.05) is 11.6 Å². The van der Waals surface area contributed by atoms with Crippen molar-refractivity contribution >= 4 is 40.5 Å². The molecule has 12 heavy (non-hydrogen) atoms. The minimum absolute atomic E-state index is 0.00198. The Morgan fingerprint density at radius 1 is 1.67 bits per heavy atom. The second-order valence-electron chi connectivity index (χ2n) is 1.90. The van der Waals surface area contributed by atoms with Gasteiger partial charge >= 0.3 is 0 Å². The van der Waals surface area contributed by atoms with Gasteiger partial charge in [-0.15, -0.1) is 0 Å². The second-order valence-corrected chi connectivity index (χ2v) is 3.36. The van der Waals surface area contributed by atoms with Crippen molar-refractivity contribution in [3.63, 3.8) is 0 Å². The van der Waals surface area contributed by atoms with Gasteiger partial charge in [-0.25, -0.2) is 4.98 Å². The average molecular weight is 297 g/mol. The highest BCUT2D eigenvalue weighted by Crippen LogP contribution is 2.22. The van der Waals surface area contributed by atoms with Crippen LogP contribution in [0, 0.1) is 3.70 Å². The highest BCUT2D eigenvalue weighted by atomic mass is 127. The lowest BCUT2D eigenvalue weighted by Crippen LogP contribution is -1.99. The standard InChI is InChI=1S/C7H5ClINO2/c8-7-5(12-4-3-11)1-2-6(9)10-7/h1-3H,4H2. The fraction of sp³-hybridized carbons (Fsp3) is 0.143. The minimum atomic E-state index is 0.00198. The minimum Gasteiger partial charge on any atom is -0.483 e. The van der Waals surface area contributed by atoms with Crippen LogP contribution in [0.3, 0.4) is 0 Å². The number of nitrogens with zero attached hydrogens (tertiary/aromatic N) is 1. The zero-order valence-electron chi connectivity index (χ0n) is 5.96. The van der Waals surface area contributed by atoms with E-state index in [9.17, 15) is 4.79 Å². The quantitative estimate of drug-likeness (QED) is 0.486. The van der Waals surface area contributed by atoms with Crippen molar-refractivity contribution in [2.45, 2.75) is 0 Å². The van der Waals surface area contributed by atoms with E-state index in [1.54, 1.807) is 12.1 Å². The lowest BCUT2D eigenvalue weighted by Gasteiger charge is -2.02. The molecule has 64 valence electrons. The molecule has 0 aliphatic carbocycles. The summed E-state index contributed by atoms with van der Waals surface area (Å²) in [5.41, 5.74) is 0. The van der Waals surface area contributed by atoms with E-state index < -0.39 is 0 Å². The Morgan fingerprint density at radius 3 is 3.00 bits per heavy atom. The van der Waals surface area contributed by atoms with Crippen molar-refractivity contribution < 1.29 is 9.53 Å². The number of rotatable bonds is 3. The summed E-state index contributed by atoms with van der Waals surface area (Å²) in [6.07, 6.45) is 0.661. The van der Waals surface area contributed by atoms with Crippen LogP contribution in [0.2, 0.25) is 5.15 Å². The summed E-state index contributed by atoms with van der Waals surface area (Å²) >= 11 is 7.75. The van der Waals surface area contributed by atoms with Crippen molar-refractivity contribution in [3.8, 4) is 5.75 Å². The molecule has 0 saturated carbocycles. The Morgan fingerprint density at radius 2 is 2.42 bits per heavy atom.